The van der Waals surface area contributed by atoms with Crippen molar-refractivity contribution in [3.63, 3.8) is 0 Å². The molecule has 0 spiro atoms. The molecule has 0 aliphatic heterocycles. The lowest BCUT2D eigenvalue weighted by atomic mass is 10.2. The fourth-order valence-corrected chi connectivity index (χ4v) is 3.25. The Morgan fingerprint density at radius 1 is 1.12 bits per heavy atom. The van der Waals surface area contributed by atoms with Crippen molar-refractivity contribution in [3.8, 4) is 10.6 Å². The van der Waals surface area contributed by atoms with E-state index in [1.54, 1.807) is 23.5 Å². The first-order valence-corrected chi connectivity index (χ1v) is 8.02. The third-order valence-electron chi connectivity index (χ3n) is 3.32. The van der Waals surface area contributed by atoms with E-state index in [-0.39, 0.29) is 0 Å². The molecule has 0 fully saturated rings. The minimum absolute atomic E-state index is 0.486. The highest BCUT2D eigenvalue weighted by Crippen LogP contribution is 2.31. The van der Waals surface area contributed by atoms with E-state index in [1.807, 2.05) is 24.3 Å². The van der Waals surface area contributed by atoms with Gasteiger partial charge in [0.05, 0.1) is 10.2 Å². The Kier molecular flexibility index (Phi) is 4.39. The highest BCUT2D eigenvalue weighted by atomic mass is 32.1. The minimum atomic E-state index is -1.16. The number of amides is 1. The van der Waals surface area contributed by atoms with E-state index < -0.39 is 11.9 Å². The number of hydrogen-bond acceptors (Lipinski definition) is 4. The van der Waals surface area contributed by atoms with Gasteiger partial charge in [-0.3, -0.25) is 4.79 Å². The van der Waals surface area contributed by atoms with Gasteiger partial charge in [-0.1, -0.05) is 6.07 Å². The summed E-state index contributed by atoms with van der Waals surface area (Å²) < 4.78 is 1.14. The summed E-state index contributed by atoms with van der Waals surface area (Å²) in [4.78, 5) is 26.5. The molecule has 3 rings (SSSR count). The molecule has 0 radical (unpaired) electrons. The number of nitrogens with one attached hydrogen (secondary N) is 1. The third kappa shape index (κ3) is 3.67. The number of thiazole rings is 1. The number of nitrogens with zero attached hydrogens (tertiary/aromatic N) is 1. The van der Waals surface area contributed by atoms with Crippen LogP contribution in [0.3, 0.4) is 0 Å². The van der Waals surface area contributed by atoms with Crippen molar-refractivity contribution >= 4 is 39.1 Å². The number of anilines is 1. The molecule has 1 heterocycles. The third-order valence-corrected chi connectivity index (χ3v) is 4.39. The highest BCUT2D eigenvalue weighted by Gasteiger charge is 2.07. The molecule has 0 atom stereocenters. The predicted octanol–water partition coefficient (Wildman–Crippen LogP) is 3.85. The van der Waals surface area contributed by atoms with Gasteiger partial charge < -0.3 is 10.4 Å². The largest absolute Gasteiger partial charge is 0.478 e. The van der Waals surface area contributed by atoms with Gasteiger partial charge in [0.25, 0.3) is 0 Å². The molecule has 1 amide bonds. The van der Waals surface area contributed by atoms with Crippen LogP contribution >= 0.6 is 11.3 Å². The molecule has 5 nitrogen and oxygen atoms in total. The fraction of sp³-hybridized carbons (Fsp3) is 0.0556. The van der Waals surface area contributed by atoms with E-state index in [1.165, 1.54) is 5.56 Å². The number of aryl methyl sites for hydroxylation is 1. The van der Waals surface area contributed by atoms with Crippen molar-refractivity contribution in [2.75, 3.05) is 5.32 Å². The minimum Gasteiger partial charge on any atom is -0.478 e. The van der Waals surface area contributed by atoms with Gasteiger partial charge in [-0.2, -0.15) is 0 Å². The molecule has 2 N–H and O–H groups in total. The maximum Gasteiger partial charge on any atom is 0.328 e. The van der Waals surface area contributed by atoms with Crippen molar-refractivity contribution in [1.29, 1.82) is 0 Å². The molecule has 0 saturated heterocycles. The summed E-state index contributed by atoms with van der Waals surface area (Å²) >= 11 is 1.62. The summed E-state index contributed by atoms with van der Waals surface area (Å²) in [5.74, 6) is -1.65. The van der Waals surface area contributed by atoms with Gasteiger partial charge in [-0.05, 0) is 48.9 Å². The van der Waals surface area contributed by atoms with Crippen LogP contribution in [0.5, 0.6) is 0 Å². The van der Waals surface area contributed by atoms with E-state index in [9.17, 15) is 9.59 Å². The second-order valence-corrected chi connectivity index (χ2v) is 6.26. The number of hydrogen-bond donors (Lipinski definition) is 2. The van der Waals surface area contributed by atoms with Crippen LogP contribution in [0, 0.1) is 6.92 Å². The first kappa shape index (κ1) is 15.9. The molecule has 0 bridgehead atoms. The van der Waals surface area contributed by atoms with Crippen LogP contribution in [0.2, 0.25) is 0 Å². The molecule has 0 unspecified atom stereocenters. The molecular weight excluding hydrogens is 324 g/mol. The van der Waals surface area contributed by atoms with Gasteiger partial charge in [-0.25, -0.2) is 9.78 Å². The van der Waals surface area contributed by atoms with Gasteiger partial charge in [-0.15, -0.1) is 11.3 Å². The standard InChI is InChI=1S/C18H14N2O3S/c1-11-2-7-14-15(10-11)24-18(20-14)12-3-5-13(6-4-12)19-16(21)8-9-17(22)23/h2-10H,1H3,(H,19,21)(H,22,23). The number of carbonyl (C=O) groups is 2. The fourth-order valence-electron chi connectivity index (χ4n) is 2.18. The first-order chi connectivity index (χ1) is 11.5. The first-order valence-electron chi connectivity index (χ1n) is 7.21. The van der Waals surface area contributed by atoms with Crippen LogP contribution in [0.25, 0.3) is 20.8 Å². The Balaban J connectivity index is 1.78. The summed E-state index contributed by atoms with van der Waals surface area (Å²) in [5, 5.41) is 12.0. The molecule has 6 heteroatoms. The smallest absolute Gasteiger partial charge is 0.328 e. The zero-order chi connectivity index (χ0) is 17.1. The number of aromatic nitrogens is 1. The van der Waals surface area contributed by atoms with Crippen LogP contribution < -0.4 is 5.32 Å². The van der Waals surface area contributed by atoms with Crippen LogP contribution in [0.15, 0.2) is 54.6 Å². The van der Waals surface area contributed by atoms with Gasteiger partial charge in [0, 0.05) is 23.4 Å². The molecular formula is C18H14N2O3S. The van der Waals surface area contributed by atoms with Crippen molar-refractivity contribution in [2.24, 2.45) is 0 Å². The van der Waals surface area contributed by atoms with Crippen LogP contribution in [0.4, 0.5) is 5.69 Å². The second-order valence-electron chi connectivity index (χ2n) is 5.23. The highest BCUT2D eigenvalue weighted by molar-refractivity contribution is 7.21. The van der Waals surface area contributed by atoms with Crippen molar-refractivity contribution < 1.29 is 14.7 Å². The van der Waals surface area contributed by atoms with Gasteiger partial charge in [0.15, 0.2) is 0 Å². The van der Waals surface area contributed by atoms with Crippen molar-refractivity contribution in [3.05, 3.63) is 60.2 Å². The number of fused-ring (bicyclic) bond motifs is 1. The van der Waals surface area contributed by atoms with E-state index in [4.69, 9.17) is 5.11 Å². The zero-order valence-electron chi connectivity index (χ0n) is 12.8. The van der Waals surface area contributed by atoms with Crippen LogP contribution in [-0.2, 0) is 9.59 Å². The zero-order valence-corrected chi connectivity index (χ0v) is 13.6. The molecule has 0 saturated carbocycles. The average molecular weight is 338 g/mol. The maximum absolute atomic E-state index is 11.5. The monoisotopic (exact) mass is 338 g/mol. The molecule has 24 heavy (non-hydrogen) atoms. The lowest BCUT2D eigenvalue weighted by Gasteiger charge is -2.02. The van der Waals surface area contributed by atoms with E-state index in [2.05, 4.69) is 23.3 Å². The Hall–Kier alpha value is -2.99. The van der Waals surface area contributed by atoms with E-state index in [0.29, 0.717) is 5.69 Å². The molecule has 0 aliphatic carbocycles. The molecule has 0 aliphatic rings. The Morgan fingerprint density at radius 2 is 1.88 bits per heavy atom. The molecule has 2 aromatic carbocycles. The van der Waals surface area contributed by atoms with Crippen molar-refractivity contribution in [1.82, 2.24) is 4.98 Å². The van der Waals surface area contributed by atoms with Crippen LogP contribution in [-0.4, -0.2) is 22.0 Å². The number of carboxylic acids is 1. The number of carboxylic acid groups (broad SMARTS) is 1. The number of carbonyl (C=O) groups excluding carboxylic acids is 1. The number of benzene rings is 2. The molecule has 120 valence electrons. The van der Waals surface area contributed by atoms with Gasteiger partial charge >= 0.3 is 5.97 Å². The molecule has 3 aromatic rings. The Bertz CT molecular complexity index is 943. The quantitative estimate of drug-likeness (QED) is 0.708. The number of aliphatic carboxylic acids is 1. The van der Waals surface area contributed by atoms with Crippen molar-refractivity contribution in [2.45, 2.75) is 6.92 Å². The predicted molar refractivity (Wildman–Crippen MR) is 95.2 cm³/mol. The molecule has 1 aromatic heterocycles. The second kappa shape index (κ2) is 6.64. The maximum atomic E-state index is 11.5. The van der Waals surface area contributed by atoms with E-state index in [0.717, 1.165) is 32.9 Å². The summed E-state index contributed by atoms with van der Waals surface area (Å²) in [5.41, 5.74) is 3.73. The topological polar surface area (TPSA) is 79.3 Å². The normalized spacial score (nSPS) is 11.0. The average Bonchev–Trinajstić information content (AvgIpc) is 2.96. The summed E-state index contributed by atoms with van der Waals surface area (Å²) in [7, 11) is 0. The number of rotatable bonds is 4. The summed E-state index contributed by atoms with van der Waals surface area (Å²) in [6, 6.07) is 13.4. The SMILES string of the molecule is Cc1ccc2nc(-c3ccc(NC(=O)C=CC(=O)O)cc3)sc2c1. The van der Waals surface area contributed by atoms with Gasteiger partial charge in [0.1, 0.15) is 5.01 Å². The van der Waals surface area contributed by atoms with Crippen LogP contribution in [0.1, 0.15) is 5.56 Å². The summed E-state index contributed by atoms with van der Waals surface area (Å²) in [6.07, 6.45) is 1.78. The lowest BCUT2D eigenvalue weighted by molar-refractivity contribution is -0.131. The Labute approximate surface area is 142 Å². The summed E-state index contributed by atoms with van der Waals surface area (Å²) in [6.45, 7) is 2.05. The lowest BCUT2D eigenvalue weighted by Crippen LogP contribution is -2.08. The Morgan fingerprint density at radius 3 is 2.58 bits per heavy atom. The van der Waals surface area contributed by atoms with E-state index >= 15 is 0 Å². The van der Waals surface area contributed by atoms with Gasteiger partial charge in [0.2, 0.25) is 5.91 Å².